The average Bonchev–Trinajstić information content (AvgIpc) is 2.33. The first kappa shape index (κ1) is 11.3. The summed E-state index contributed by atoms with van der Waals surface area (Å²) in [6.45, 7) is -0.145. The molecule has 88 valence electrons. The van der Waals surface area contributed by atoms with Gasteiger partial charge in [-0.05, 0) is 12.1 Å². The number of rotatable bonds is 2. The molecule has 3 N–H and O–H groups in total. The number of hydrogen-bond acceptors (Lipinski definition) is 3. The van der Waals surface area contributed by atoms with Crippen LogP contribution in [0.5, 0.6) is 0 Å². The van der Waals surface area contributed by atoms with Gasteiger partial charge in [-0.2, -0.15) is 0 Å². The number of para-hydroxylation sites is 1. The number of halogens is 1. The van der Waals surface area contributed by atoms with Gasteiger partial charge in [0.25, 0.3) is 5.91 Å². The van der Waals surface area contributed by atoms with Crippen LogP contribution in [0.4, 0.5) is 4.39 Å². The molecule has 0 saturated heterocycles. The van der Waals surface area contributed by atoms with Crippen molar-refractivity contribution in [3.63, 3.8) is 0 Å². The molecule has 0 atom stereocenters. The van der Waals surface area contributed by atoms with Crippen LogP contribution in [0.2, 0.25) is 0 Å². The SMILES string of the molecule is NNC(=O)Cn1ccc(=O)c2cccc(F)c21. The molecule has 1 amide bonds. The number of benzene rings is 1. The van der Waals surface area contributed by atoms with Crippen molar-refractivity contribution >= 4 is 16.8 Å². The van der Waals surface area contributed by atoms with Gasteiger partial charge in [0.05, 0.1) is 5.52 Å². The first-order valence-electron chi connectivity index (χ1n) is 4.90. The third-order valence-electron chi connectivity index (χ3n) is 2.42. The third kappa shape index (κ3) is 2.02. The van der Waals surface area contributed by atoms with Crippen molar-refractivity contribution in [3.8, 4) is 0 Å². The Labute approximate surface area is 95.6 Å². The molecule has 1 aromatic heterocycles. The summed E-state index contributed by atoms with van der Waals surface area (Å²) in [5.41, 5.74) is 1.76. The normalized spacial score (nSPS) is 10.5. The highest BCUT2D eigenvalue weighted by molar-refractivity contribution is 5.82. The lowest BCUT2D eigenvalue weighted by Crippen LogP contribution is -2.33. The summed E-state index contributed by atoms with van der Waals surface area (Å²) in [6.07, 6.45) is 1.36. The smallest absolute Gasteiger partial charge is 0.253 e. The number of carbonyl (C=O) groups excluding carboxylic acids is 1. The lowest BCUT2D eigenvalue weighted by molar-refractivity contribution is -0.121. The van der Waals surface area contributed by atoms with Gasteiger partial charge >= 0.3 is 0 Å². The van der Waals surface area contributed by atoms with E-state index in [0.717, 1.165) is 0 Å². The second kappa shape index (κ2) is 4.34. The summed E-state index contributed by atoms with van der Waals surface area (Å²) in [7, 11) is 0. The summed E-state index contributed by atoms with van der Waals surface area (Å²) < 4.78 is 15.0. The third-order valence-corrected chi connectivity index (χ3v) is 2.42. The molecule has 0 spiro atoms. The molecule has 6 heteroatoms. The van der Waals surface area contributed by atoms with Crippen molar-refractivity contribution in [2.75, 3.05) is 0 Å². The number of amides is 1. The topological polar surface area (TPSA) is 77.1 Å². The molecule has 0 saturated carbocycles. The molecule has 0 bridgehead atoms. The second-order valence-corrected chi connectivity index (χ2v) is 3.51. The summed E-state index contributed by atoms with van der Waals surface area (Å²) in [4.78, 5) is 22.7. The minimum absolute atomic E-state index is 0.101. The van der Waals surface area contributed by atoms with E-state index in [-0.39, 0.29) is 22.9 Å². The van der Waals surface area contributed by atoms with E-state index in [4.69, 9.17) is 5.84 Å². The molecule has 1 aromatic carbocycles. The predicted molar refractivity (Wildman–Crippen MR) is 60.5 cm³/mol. The van der Waals surface area contributed by atoms with Crippen LogP contribution in [0.25, 0.3) is 10.9 Å². The van der Waals surface area contributed by atoms with Crippen LogP contribution in [0.3, 0.4) is 0 Å². The number of nitrogens with zero attached hydrogens (tertiary/aromatic N) is 1. The number of pyridine rings is 1. The summed E-state index contributed by atoms with van der Waals surface area (Å²) >= 11 is 0. The number of carbonyl (C=O) groups is 1. The van der Waals surface area contributed by atoms with Gasteiger partial charge in [-0.3, -0.25) is 15.0 Å². The number of nitrogens with two attached hydrogens (primary N) is 1. The second-order valence-electron chi connectivity index (χ2n) is 3.51. The Morgan fingerprint density at radius 1 is 1.41 bits per heavy atom. The molecule has 2 rings (SSSR count). The van der Waals surface area contributed by atoms with Gasteiger partial charge in [0.1, 0.15) is 12.4 Å². The van der Waals surface area contributed by atoms with Gasteiger partial charge in [-0.1, -0.05) is 6.07 Å². The Balaban J connectivity index is 2.68. The number of nitrogens with one attached hydrogen (secondary N) is 1. The largest absolute Gasteiger partial charge is 0.335 e. The molecule has 0 unspecified atom stereocenters. The standard InChI is InChI=1S/C11H10FN3O2/c12-8-3-1-2-7-9(16)4-5-15(11(7)8)6-10(17)14-13/h1-5H,6,13H2,(H,14,17). The van der Waals surface area contributed by atoms with Crippen molar-refractivity contribution in [2.45, 2.75) is 6.54 Å². The molecular formula is C11H10FN3O2. The number of aromatic nitrogens is 1. The highest BCUT2D eigenvalue weighted by Gasteiger charge is 2.09. The summed E-state index contributed by atoms with van der Waals surface area (Å²) in [5.74, 6) is 3.94. The average molecular weight is 235 g/mol. The maximum atomic E-state index is 13.7. The first-order valence-corrected chi connectivity index (χ1v) is 4.90. The van der Waals surface area contributed by atoms with E-state index >= 15 is 0 Å². The van der Waals surface area contributed by atoms with Gasteiger partial charge in [0.15, 0.2) is 5.43 Å². The highest BCUT2D eigenvalue weighted by Crippen LogP contribution is 2.14. The van der Waals surface area contributed by atoms with Gasteiger partial charge in [-0.25, -0.2) is 10.2 Å². The van der Waals surface area contributed by atoms with Crippen LogP contribution in [0.15, 0.2) is 35.3 Å². The van der Waals surface area contributed by atoms with Crippen molar-refractivity contribution in [1.29, 1.82) is 0 Å². The van der Waals surface area contributed by atoms with Crippen LogP contribution >= 0.6 is 0 Å². The molecule has 0 aliphatic carbocycles. The Morgan fingerprint density at radius 3 is 2.88 bits per heavy atom. The lowest BCUT2D eigenvalue weighted by atomic mass is 10.2. The fourth-order valence-electron chi connectivity index (χ4n) is 1.66. The van der Waals surface area contributed by atoms with E-state index in [1.807, 2.05) is 5.43 Å². The number of hydrazine groups is 1. The minimum Gasteiger partial charge on any atom is -0.335 e. The van der Waals surface area contributed by atoms with E-state index < -0.39 is 11.7 Å². The van der Waals surface area contributed by atoms with E-state index in [9.17, 15) is 14.0 Å². The fourth-order valence-corrected chi connectivity index (χ4v) is 1.66. The van der Waals surface area contributed by atoms with Crippen LogP contribution in [0.1, 0.15) is 0 Å². The van der Waals surface area contributed by atoms with Gasteiger partial charge < -0.3 is 4.57 Å². The van der Waals surface area contributed by atoms with Gasteiger partial charge in [-0.15, -0.1) is 0 Å². The van der Waals surface area contributed by atoms with Crippen molar-refractivity contribution in [3.05, 3.63) is 46.5 Å². The predicted octanol–water partition coefficient (Wildman–Crippen LogP) is 0.131. The molecule has 0 aliphatic rings. The van der Waals surface area contributed by atoms with E-state index in [0.29, 0.717) is 0 Å². The first-order chi connectivity index (χ1) is 8.13. The molecule has 0 radical (unpaired) electrons. The molecule has 5 nitrogen and oxygen atoms in total. The molecule has 0 aliphatic heterocycles. The summed E-state index contributed by atoms with van der Waals surface area (Å²) in [5, 5.41) is 0.234. The zero-order valence-corrected chi connectivity index (χ0v) is 8.81. The number of hydrogen-bond donors (Lipinski definition) is 2. The van der Waals surface area contributed by atoms with E-state index in [1.165, 1.54) is 35.0 Å². The van der Waals surface area contributed by atoms with Crippen LogP contribution in [-0.2, 0) is 11.3 Å². The Kier molecular flexibility index (Phi) is 2.88. The van der Waals surface area contributed by atoms with E-state index in [2.05, 4.69) is 0 Å². The number of fused-ring (bicyclic) bond motifs is 1. The lowest BCUT2D eigenvalue weighted by Gasteiger charge is -2.09. The Morgan fingerprint density at radius 2 is 2.18 bits per heavy atom. The van der Waals surface area contributed by atoms with E-state index in [1.54, 1.807) is 0 Å². The maximum absolute atomic E-state index is 13.7. The fraction of sp³-hybridized carbons (Fsp3) is 0.0909. The van der Waals surface area contributed by atoms with Crippen LogP contribution in [-0.4, -0.2) is 10.5 Å². The molecule has 17 heavy (non-hydrogen) atoms. The molecular weight excluding hydrogens is 225 g/mol. The van der Waals surface area contributed by atoms with Crippen molar-refractivity contribution < 1.29 is 9.18 Å². The maximum Gasteiger partial charge on any atom is 0.253 e. The van der Waals surface area contributed by atoms with Crippen LogP contribution in [0, 0.1) is 5.82 Å². The molecule has 0 fully saturated rings. The van der Waals surface area contributed by atoms with Gasteiger partial charge in [0.2, 0.25) is 0 Å². The Hall–Kier alpha value is -2.21. The van der Waals surface area contributed by atoms with Crippen molar-refractivity contribution in [2.24, 2.45) is 5.84 Å². The van der Waals surface area contributed by atoms with Crippen LogP contribution < -0.4 is 16.7 Å². The zero-order valence-electron chi connectivity index (χ0n) is 8.81. The summed E-state index contributed by atoms with van der Waals surface area (Å²) in [6, 6.07) is 5.48. The zero-order chi connectivity index (χ0) is 12.4. The van der Waals surface area contributed by atoms with Gasteiger partial charge in [0, 0.05) is 17.6 Å². The van der Waals surface area contributed by atoms with Crippen molar-refractivity contribution in [1.82, 2.24) is 9.99 Å². The molecule has 1 heterocycles. The highest BCUT2D eigenvalue weighted by atomic mass is 19.1. The Bertz CT molecular complexity index is 636. The minimum atomic E-state index is -0.551. The monoisotopic (exact) mass is 235 g/mol. The molecule has 2 aromatic rings. The quantitative estimate of drug-likeness (QED) is 0.441.